The molecule has 2 nitrogen and oxygen atoms in total. The van der Waals surface area contributed by atoms with Gasteiger partial charge in [0.15, 0.2) is 0 Å². The molecule has 1 aliphatic rings. The first kappa shape index (κ1) is 10.5. The van der Waals surface area contributed by atoms with Crippen molar-refractivity contribution in [3.63, 3.8) is 0 Å². The molecule has 0 spiro atoms. The Hall–Kier alpha value is -1.02. The van der Waals surface area contributed by atoms with Crippen molar-refractivity contribution < 1.29 is 5.11 Å². The molecular weight excluding hydrogens is 186 g/mol. The fourth-order valence-corrected chi connectivity index (χ4v) is 2.32. The van der Waals surface area contributed by atoms with Crippen molar-refractivity contribution in [3.05, 3.63) is 29.3 Å². The van der Waals surface area contributed by atoms with E-state index in [-0.39, 0.29) is 6.10 Å². The van der Waals surface area contributed by atoms with Gasteiger partial charge in [0.1, 0.15) is 0 Å². The van der Waals surface area contributed by atoms with E-state index in [1.54, 1.807) is 0 Å². The number of nitrogens with zero attached hydrogens (tertiary/aromatic N) is 1. The number of hydrogen-bond acceptors (Lipinski definition) is 2. The van der Waals surface area contributed by atoms with Crippen molar-refractivity contribution in [3.8, 4) is 0 Å². The number of benzene rings is 1. The van der Waals surface area contributed by atoms with E-state index in [0.717, 1.165) is 25.9 Å². The minimum absolute atomic E-state index is 0.244. The van der Waals surface area contributed by atoms with Crippen LogP contribution >= 0.6 is 0 Å². The number of anilines is 1. The Labute approximate surface area is 91.5 Å². The summed E-state index contributed by atoms with van der Waals surface area (Å²) in [7, 11) is 0. The summed E-state index contributed by atoms with van der Waals surface area (Å²) in [6.07, 6.45) is 1.67. The summed E-state index contributed by atoms with van der Waals surface area (Å²) in [6, 6.07) is 6.58. The normalized spacial score (nSPS) is 16.6. The second-order valence-corrected chi connectivity index (χ2v) is 4.35. The highest BCUT2D eigenvalue weighted by molar-refractivity contribution is 5.59. The minimum atomic E-state index is -0.244. The highest BCUT2D eigenvalue weighted by atomic mass is 16.3. The summed E-state index contributed by atoms with van der Waals surface area (Å²) in [5.74, 6) is 0. The topological polar surface area (TPSA) is 23.5 Å². The second kappa shape index (κ2) is 4.23. The molecule has 1 aliphatic heterocycles. The van der Waals surface area contributed by atoms with E-state index in [2.05, 4.69) is 30.0 Å². The van der Waals surface area contributed by atoms with Crippen LogP contribution in [0.5, 0.6) is 0 Å². The van der Waals surface area contributed by atoms with Crippen LogP contribution in [0, 0.1) is 0 Å². The van der Waals surface area contributed by atoms with Gasteiger partial charge in [-0.1, -0.05) is 12.1 Å². The third kappa shape index (κ3) is 2.15. The van der Waals surface area contributed by atoms with Gasteiger partial charge in [0.25, 0.3) is 0 Å². The number of likely N-dealkylation sites (N-methyl/N-ethyl adjacent to an activating group) is 1. The van der Waals surface area contributed by atoms with E-state index in [9.17, 15) is 5.11 Å². The molecule has 0 saturated carbocycles. The van der Waals surface area contributed by atoms with E-state index < -0.39 is 0 Å². The Bertz CT molecular complexity index is 346. The lowest BCUT2D eigenvalue weighted by molar-refractivity contribution is 0.195. The first-order valence-corrected chi connectivity index (χ1v) is 5.75. The molecule has 0 fully saturated rings. The monoisotopic (exact) mass is 205 g/mol. The molecule has 82 valence electrons. The Morgan fingerprint density at radius 2 is 2.27 bits per heavy atom. The number of hydrogen-bond donors (Lipinski definition) is 1. The van der Waals surface area contributed by atoms with Gasteiger partial charge in [-0.25, -0.2) is 0 Å². The van der Waals surface area contributed by atoms with Crippen LogP contribution in [0.1, 0.15) is 25.0 Å². The first-order valence-electron chi connectivity index (χ1n) is 5.75. The van der Waals surface area contributed by atoms with Crippen molar-refractivity contribution in [2.24, 2.45) is 0 Å². The molecule has 1 aromatic carbocycles. The highest BCUT2D eigenvalue weighted by Crippen LogP contribution is 2.28. The lowest BCUT2D eigenvalue weighted by atomic mass is 10.0. The van der Waals surface area contributed by atoms with E-state index in [4.69, 9.17) is 0 Å². The van der Waals surface area contributed by atoms with Gasteiger partial charge in [-0.3, -0.25) is 0 Å². The fourth-order valence-electron chi connectivity index (χ4n) is 2.32. The van der Waals surface area contributed by atoms with E-state index in [1.165, 1.54) is 16.8 Å². The summed E-state index contributed by atoms with van der Waals surface area (Å²) < 4.78 is 0. The zero-order valence-electron chi connectivity index (χ0n) is 9.53. The van der Waals surface area contributed by atoms with E-state index in [1.807, 2.05) is 6.92 Å². The molecule has 2 heteroatoms. The lowest BCUT2D eigenvalue weighted by Gasteiger charge is -2.16. The standard InChI is InChI=1S/C13H19NO/c1-3-14-7-6-12-9-11(8-10(2)15)4-5-13(12)14/h4-5,9-10,15H,3,6-8H2,1-2H3/t10-/m0/s1. The molecule has 0 amide bonds. The average Bonchev–Trinajstić information content (AvgIpc) is 2.58. The Kier molecular flexibility index (Phi) is 2.96. The number of rotatable bonds is 3. The number of aliphatic hydroxyl groups is 1. The quantitative estimate of drug-likeness (QED) is 0.815. The summed E-state index contributed by atoms with van der Waals surface area (Å²) in [6.45, 7) is 6.26. The van der Waals surface area contributed by atoms with Gasteiger partial charge in [0.05, 0.1) is 6.10 Å². The van der Waals surface area contributed by atoms with Gasteiger partial charge in [0.2, 0.25) is 0 Å². The molecule has 1 heterocycles. The van der Waals surface area contributed by atoms with Gasteiger partial charge in [-0.05, 0) is 43.9 Å². The molecule has 0 bridgehead atoms. The van der Waals surface area contributed by atoms with Gasteiger partial charge >= 0.3 is 0 Å². The predicted octanol–water partition coefficient (Wildman–Crippen LogP) is 1.99. The number of fused-ring (bicyclic) bond motifs is 1. The van der Waals surface area contributed by atoms with Crippen LogP contribution in [0.15, 0.2) is 18.2 Å². The summed E-state index contributed by atoms with van der Waals surface area (Å²) in [5, 5.41) is 9.34. The molecule has 1 atom stereocenters. The van der Waals surface area contributed by atoms with Crippen molar-refractivity contribution in [1.82, 2.24) is 0 Å². The van der Waals surface area contributed by atoms with Gasteiger partial charge in [0, 0.05) is 18.8 Å². The first-order chi connectivity index (χ1) is 7.20. The summed E-state index contributed by atoms with van der Waals surface area (Å²) >= 11 is 0. The van der Waals surface area contributed by atoms with E-state index >= 15 is 0 Å². The maximum atomic E-state index is 9.34. The smallest absolute Gasteiger partial charge is 0.0552 e. The second-order valence-electron chi connectivity index (χ2n) is 4.35. The van der Waals surface area contributed by atoms with Crippen LogP contribution in [-0.2, 0) is 12.8 Å². The molecule has 15 heavy (non-hydrogen) atoms. The van der Waals surface area contributed by atoms with Gasteiger partial charge in [-0.2, -0.15) is 0 Å². The zero-order chi connectivity index (χ0) is 10.8. The molecular formula is C13H19NO. The fraction of sp³-hybridized carbons (Fsp3) is 0.538. The maximum absolute atomic E-state index is 9.34. The van der Waals surface area contributed by atoms with Crippen LogP contribution in [0.4, 0.5) is 5.69 Å². The maximum Gasteiger partial charge on any atom is 0.0552 e. The molecule has 1 aromatic rings. The Morgan fingerprint density at radius 1 is 1.47 bits per heavy atom. The third-order valence-electron chi connectivity index (χ3n) is 3.05. The van der Waals surface area contributed by atoms with Crippen LogP contribution < -0.4 is 4.90 Å². The van der Waals surface area contributed by atoms with Crippen molar-refractivity contribution in [2.75, 3.05) is 18.0 Å². The lowest BCUT2D eigenvalue weighted by Crippen LogP contribution is -2.19. The molecule has 0 radical (unpaired) electrons. The van der Waals surface area contributed by atoms with Crippen LogP contribution in [0.2, 0.25) is 0 Å². The van der Waals surface area contributed by atoms with Crippen LogP contribution in [0.25, 0.3) is 0 Å². The predicted molar refractivity (Wildman–Crippen MR) is 63.4 cm³/mol. The Balaban J connectivity index is 2.21. The van der Waals surface area contributed by atoms with Crippen molar-refractivity contribution in [2.45, 2.75) is 32.8 Å². The van der Waals surface area contributed by atoms with Gasteiger partial charge in [-0.15, -0.1) is 0 Å². The largest absolute Gasteiger partial charge is 0.393 e. The zero-order valence-corrected chi connectivity index (χ0v) is 9.53. The van der Waals surface area contributed by atoms with Crippen molar-refractivity contribution >= 4 is 5.69 Å². The van der Waals surface area contributed by atoms with Crippen LogP contribution in [0.3, 0.4) is 0 Å². The number of aliphatic hydroxyl groups excluding tert-OH is 1. The molecule has 2 rings (SSSR count). The van der Waals surface area contributed by atoms with Gasteiger partial charge < -0.3 is 10.0 Å². The average molecular weight is 205 g/mol. The highest BCUT2D eigenvalue weighted by Gasteiger charge is 2.17. The van der Waals surface area contributed by atoms with E-state index in [0.29, 0.717) is 0 Å². The minimum Gasteiger partial charge on any atom is -0.393 e. The summed E-state index contributed by atoms with van der Waals surface area (Å²) in [5.41, 5.74) is 4.07. The molecule has 0 saturated heterocycles. The van der Waals surface area contributed by atoms with Crippen LogP contribution in [-0.4, -0.2) is 24.3 Å². The van der Waals surface area contributed by atoms with Crippen molar-refractivity contribution in [1.29, 1.82) is 0 Å². The molecule has 0 aliphatic carbocycles. The molecule has 1 N–H and O–H groups in total. The third-order valence-corrected chi connectivity index (χ3v) is 3.05. The summed E-state index contributed by atoms with van der Waals surface area (Å²) in [4.78, 5) is 2.40. The molecule has 0 aromatic heterocycles. The SMILES string of the molecule is CCN1CCc2cc(C[C@H](C)O)ccc21. The Morgan fingerprint density at radius 3 is 2.93 bits per heavy atom. The molecule has 0 unspecified atom stereocenters.